The second-order valence-electron chi connectivity index (χ2n) is 3.48. The molecule has 60 valence electrons. The first kappa shape index (κ1) is 6.83. The summed E-state index contributed by atoms with van der Waals surface area (Å²) in [5.41, 5.74) is 0. The van der Waals surface area contributed by atoms with Crippen molar-refractivity contribution in [3.63, 3.8) is 0 Å². The molecular formula is C8H11NO2. The highest BCUT2D eigenvalue weighted by Gasteiger charge is 2.37. The second kappa shape index (κ2) is 2.32. The molecule has 1 atom stereocenters. The molecule has 1 aliphatic heterocycles. The van der Waals surface area contributed by atoms with E-state index in [4.69, 9.17) is 0 Å². The maximum absolute atomic E-state index is 10.8. The lowest BCUT2D eigenvalue weighted by Crippen LogP contribution is -2.31. The Bertz CT molecular complexity index is 204. The Morgan fingerprint density at radius 3 is 2.27 bits per heavy atom. The van der Waals surface area contributed by atoms with Crippen LogP contribution in [0, 0.1) is 11.8 Å². The van der Waals surface area contributed by atoms with Crippen molar-refractivity contribution in [3.05, 3.63) is 0 Å². The Kier molecular flexibility index (Phi) is 1.44. The molecule has 0 aromatic rings. The van der Waals surface area contributed by atoms with Gasteiger partial charge in [0.15, 0.2) is 0 Å². The van der Waals surface area contributed by atoms with Gasteiger partial charge in [0, 0.05) is 25.8 Å². The van der Waals surface area contributed by atoms with E-state index in [-0.39, 0.29) is 5.91 Å². The summed E-state index contributed by atoms with van der Waals surface area (Å²) >= 11 is 0. The molecule has 2 rings (SSSR count). The van der Waals surface area contributed by atoms with Crippen LogP contribution in [-0.4, -0.2) is 18.2 Å². The van der Waals surface area contributed by atoms with Crippen LogP contribution in [0.3, 0.4) is 0 Å². The lowest BCUT2D eigenvalue weighted by molar-refractivity contribution is -0.129. The smallest absolute Gasteiger partial charge is 0.220 e. The van der Waals surface area contributed by atoms with Crippen molar-refractivity contribution in [2.75, 3.05) is 6.54 Å². The molecule has 3 heteroatoms. The number of hydrogen-bond donors (Lipinski definition) is 1. The predicted molar refractivity (Wildman–Crippen MR) is 38.8 cm³/mol. The third kappa shape index (κ3) is 1.15. The first-order valence-corrected chi connectivity index (χ1v) is 4.04. The highest BCUT2D eigenvalue weighted by molar-refractivity contribution is 5.85. The van der Waals surface area contributed by atoms with E-state index in [0.29, 0.717) is 36.9 Å². The van der Waals surface area contributed by atoms with Gasteiger partial charge < -0.3 is 5.32 Å². The van der Waals surface area contributed by atoms with Gasteiger partial charge in [-0.15, -0.1) is 0 Å². The van der Waals surface area contributed by atoms with Crippen molar-refractivity contribution < 1.29 is 9.59 Å². The minimum absolute atomic E-state index is 0.148. The van der Waals surface area contributed by atoms with Crippen LogP contribution in [0.1, 0.15) is 19.3 Å². The van der Waals surface area contributed by atoms with E-state index < -0.39 is 0 Å². The summed E-state index contributed by atoms with van der Waals surface area (Å²) in [6.07, 6.45) is 2.05. The highest BCUT2D eigenvalue weighted by atomic mass is 16.2. The first-order chi connectivity index (χ1) is 5.25. The molecule has 0 spiro atoms. The molecule has 0 bridgehead atoms. The van der Waals surface area contributed by atoms with E-state index in [1.807, 2.05) is 0 Å². The molecular weight excluding hydrogens is 142 g/mol. The predicted octanol–water partition coefficient (Wildman–Crippen LogP) is 0.102. The summed E-state index contributed by atoms with van der Waals surface area (Å²) in [7, 11) is 0. The molecule has 3 nitrogen and oxygen atoms in total. The van der Waals surface area contributed by atoms with Gasteiger partial charge >= 0.3 is 0 Å². The summed E-state index contributed by atoms with van der Waals surface area (Å²) < 4.78 is 0. The third-order valence-corrected chi connectivity index (χ3v) is 2.66. The number of carbonyl (C=O) groups excluding carboxylic acids is 2. The molecule has 1 amide bonds. The normalized spacial score (nSPS) is 31.8. The van der Waals surface area contributed by atoms with Crippen LogP contribution in [0.4, 0.5) is 0 Å². The zero-order valence-electron chi connectivity index (χ0n) is 6.30. The van der Waals surface area contributed by atoms with Crippen molar-refractivity contribution >= 4 is 11.7 Å². The zero-order valence-corrected chi connectivity index (χ0v) is 6.30. The fourth-order valence-electron chi connectivity index (χ4n) is 1.82. The molecule has 2 aliphatic rings. The average Bonchev–Trinajstić information content (AvgIpc) is 2.29. The molecule has 2 fully saturated rings. The van der Waals surface area contributed by atoms with Gasteiger partial charge in [-0.1, -0.05) is 0 Å². The van der Waals surface area contributed by atoms with E-state index in [2.05, 4.69) is 5.32 Å². The Hall–Kier alpha value is -0.860. The van der Waals surface area contributed by atoms with E-state index in [0.717, 1.165) is 6.54 Å². The minimum atomic E-state index is 0.148. The maximum atomic E-state index is 10.8. The van der Waals surface area contributed by atoms with Crippen LogP contribution < -0.4 is 5.32 Å². The topological polar surface area (TPSA) is 46.2 Å². The summed E-state index contributed by atoms with van der Waals surface area (Å²) in [4.78, 5) is 21.4. The van der Waals surface area contributed by atoms with Crippen LogP contribution in [0.5, 0.6) is 0 Å². The Morgan fingerprint density at radius 1 is 1.09 bits per heavy atom. The van der Waals surface area contributed by atoms with Gasteiger partial charge in [-0.25, -0.2) is 0 Å². The zero-order chi connectivity index (χ0) is 7.84. The summed E-state index contributed by atoms with van der Waals surface area (Å²) in [5.74, 6) is 1.45. The number of amides is 1. The number of ketones is 1. The van der Waals surface area contributed by atoms with Crippen molar-refractivity contribution in [1.82, 2.24) is 5.32 Å². The molecule has 1 saturated heterocycles. The molecule has 0 aromatic heterocycles. The van der Waals surface area contributed by atoms with E-state index >= 15 is 0 Å². The monoisotopic (exact) mass is 153 g/mol. The molecule has 1 aliphatic carbocycles. The van der Waals surface area contributed by atoms with Crippen molar-refractivity contribution in [1.29, 1.82) is 0 Å². The number of carbonyl (C=O) groups is 2. The van der Waals surface area contributed by atoms with E-state index in [9.17, 15) is 9.59 Å². The number of Topliss-reactive ketones (excluding diaryl/α,β-unsaturated/α-hetero) is 1. The summed E-state index contributed by atoms with van der Waals surface area (Å²) in [6.45, 7) is 0.788. The quantitative estimate of drug-likeness (QED) is 0.580. The van der Waals surface area contributed by atoms with Gasteiger partial charge in [-0.2, -0.15) is 0 Å². The minimum Gasteiger partial charge on any atom is -0.356 e. The van der Waals surface area contributed by atoms with Crippen LogP contribution in [0.2, 0.25) is 0 Å². The fraction of sp³-hybridized carbons (Fsp3) is 0.750. The van der Waals surface area contributed by atoms with Crippen molar-refractivity contribution in [2.24, 2.45) is 11.8 Å². The average molecular weight is 153 g/mol. The van der Waals surface area contributed by atoms with E-state index in [1.54, 1.807) is 0 Å². The largest absolute Gasteiger partial charge is 0.356 e. The molecule has 0 aromatic carbocycles. The number of hydrogen-bond acceptors (Lipinski definition) is 2. The Morgan fingerprint density at radius 2 is 1.82 bits per heavy atom. The highest BCUT2D eigenvalue weighted by Crippen LogP contribution is 2.33. The lowest BCUT2D eigenvalue weighted by atomic mass is 9.74. The van der Waals surface area contributed by atoms with Crippen LogP contribution in [0.15, 0.2) is 0 Å². The lowest BCUT2D eigenvalue weighted by Gasteiger charge is -2.28. The summed E-state index contributed by atoms with van der Waals surface area (Å²) in [5, 5.41) is 2.78. The Labute approximate surface area is 65.2 Å². The molecule has 1 heterocycles. The van der Waals surface area contributed by atoms with E-state index in [1.165, 1.54) is 0 Å². The fourth-order valence-corrected chi connectivity index (χ4v) is 1.82. The van der Waals surface area contributed by atoms with Gasteiger partial charge in [0.1, 0.15) is 5.78 Å². The standard InChI is InChI=1S/C8H11NO2/c10-7-1-5(2-7)6-3-8(11)9-4-6/h5-6H,1-4H2,(H,9,11). The first-order valence-electron chi connectivity index (χ1n) is 4.04. The van der Waals surface area contributed by atoms with Gasteiger partial charge in [-0.05, 0) is 11.8 Å². The van der Waals surface area contributed by atoms with Crippen LogP contribution in [-0.2, 0) is 9.59 Å². The molecule has 1 saturated carbocycles. The van der Waals surface area contributed by atoms with Crippen LogP contribution in [0.25, 0.3) is 0 Å². The summed E-state index contributed by atoms with van der Waals surface area (Å²) in [6, 6.07) is 0. The molecule has 0 radical (unpaired) electrons. The van der Waals surface area contributed by atoms with Crippen molar-refractivity contribution in [2.45, 2.75) is 19.3 Å². The van der Waals surface area contributed by atoms with Gasteiger partial charge in [0.05, 0.1) is 0 Å². The molecule has 1 N–H and O–H groups in total. The van der Waals surface area contributed by atoms with Gasteiger partial charge in [0.25, 0.3) is 0 Å². The maximum Gasteiger partial charge on any atom is 0.220 e. The molecule has 11 heavy (non-hydrogen) atoms. The van der Waals surface area contributed by atoms with Crippen LogP contribution >= 0.6 is 0 Å². The number of rotatable bonds is 1. The second-order valence-corrected chi connectivity index (χ2v) is 3.48. The van der Waals surface area contributed by atoms with Crippen molar-refractivity contribution in [3.8, 4) is 0 Å². The van der Waals surface area contributed by atoms with Gasteiger partial charge in [-0.3, -0.25) is 9.59 Å². The SMILES string of the molecule is O=C1CC(C2CNC(=O)C2)C1. The third-order valence-electron chi connectivity index (χ3n) is 2.66. The number of nitrogens with one attached hydrogen (secondary N) is 1. The van der Waals surface area contributed by atoms with Gasteiger partial charge in [0.2, 0.25) is 5.91 Å². The molecule has 1 unspecified atom stereocenters. The Balaban J connectivity index is 1.88.